The van der Waals surface area contributed by atoms with Crippen molar-refractivity contribution in [3.63, 3.8) is 0 Å². The second-order valence-electron chi connectivity index (χ2n) is 3.85. The Hall–Kier alpha value is -1.51. The first-order valence-corrected chi connectivity index (χ1v) is 4.77. The van der Waals surface area contributed by atoms with E-state index in [0.29, 0.717) is 0 Å². The van der Waals surface area contributed by atoms with Crippen LogP contribution in [-0.2, 0) is 7.05 Å². The summed E-state index contributed by atoms with van der Waals surface area (Å²) in [6, 6.07) is 4.15. The quantitative estimate of drug-likeness (QED) is 0.675. The Bertz CT molecular complexity index is 520. The molecule has 0 atom stereocenters. The molecule has 0 fully saturated rings. The van der Waals surface area contributed by atoms with E-state index in [1.54, 1.807) is 4.57 Å². The van der Waals surface area contributed by atoms with E-state index in [-0.39, 0.29) is 11.6 Å². The Balaban J connectivity index is 2.86. The van der Waals surface area contributed by atoms with E-state index in [2.05, 4.69) is 0 Å². The molecule has 0 spiro atoms. The second-order valence-corrected chi connectivity index (χ2v) is 3.85. The Labute approximate surface area is 82.6 Å². The van der Waals surface area contributed by atoms with Gasteiger partial charge in [-0.15, -0.1) is 0 Å². The van der Waals surface area contributed by atoms with Crippen LogP contribution in [0.1, 0.15) is 19.9 Å². The van der Waals surface area contributed by atoms with E-state index in [9.17, 15) is 4.79 Å². The van der Waals surface area contributed by atoms with Crippen molar-refractivity contribution in [1.82, 2.24) is 9.13 Å². The van der Waals surface area contributed by atoms with Crippen LogP contribution in [0, 0.1) is 0 Å². The van der Waals surface area contributed by atoms with Gasteiger partial charge in [0.25, 0.3) is 5.56 Å². The molecular formula is C11H14N2O. The third-order valence-electron chi connectivity index (χ3n) is 2.51. The topological polar surface area (TPSA) is 26.9 Å². The zero-order valence-electron chi connectivity index (χ0n) is 8.69. The maximum atomic E-state index is 12.0. The zero-order chi connectivity index (χ0) is 10.3. The molecule has 2 rings (SSSR count). The number of nitrogens with zero attached hydrogens (tertiary/aromatic N) is 2. The largest absolute Gasteiger partial charge is 0.346 e. The highest BCUT2D eigenvalue weighted by Gasteiger charge is 2.07. The molecular weight excluding hydrogens is 176 g/mol. The van der Waals surface area contributed by atoms with Crippen molar-refractivity contribution in [2.75, 3.05) is 0 Å². The molecule has 0 aromatic carbocycles. The van der Waals surface area contributed by atoms with E-state index in [0.717, 1.165) is 10.9 Å². The van der Waals surface area contributed by atoms with Crippen molar-refractivity contribution >= 4 is 10.9 Å². The number of hydrogen-bond acceptors (Lipinski definition) is 1. The van der Waals surface area contributed by atoms with Gasteiger partial charge in [0.1, 0.15) is 5.52 Å². The van der Waals surface area contributed by atoms with Crippen molar-refractivity contribution in [2.24, 2.45) is 7.05 Å². The summed E-state index contributed by atoms with van der Waals surface area (Å²) in [4.78, 5) is 12.0. The van der Waals surface area contributed by atoms with Crippen LogP contribution in [0.25, 0.3) is 10.9 Å². The summed E-state index contributed by atoms with van der Waals surface area (Å²) in [5.41, 5.74) is 0.867. The van der Waals surface area contributed by atoms with E-state index < -0.39 is 0 Å². The molecule has 14 heavy (non-hydrogen) atoms. The highest BCUT2D eigenvalue weighted by Crippen LogP contribution is 2.11. The molecule has 0 saturated heterocycles. The van der Waals surface area contributed by atoms with Gasteiger partial charge >= 0.3 is 0 Å². The van der Waals surface area contributed by atoms with Crippen molar-refractivity contribution in [3.05, 3.63) is 34.9 Å². The van der Waals surface area contributed by atoms with Gasteiger partial charge in [-0.05, 0) is 26.0 Å². The van der Waals surface area contributed by atoms with Crippen molar-refractivity contribution in [1.29, 1.82) is 0 Å². The van der Waals surface area contributed by atoms with Crippen molar-refractivity contribution < 1.29 is 0 Å². The molecule has 2 heterocycles. The van der Waals surface area contributed by atoms with Gasteiger partial charge in [-0.1, -0.05) is 0 Å². The summed E-state index contributed by atoms with van der Waals surface area (Å²) in [7, 11) is 1.90. The number of aryl methyl sites for hydroxylation is 1. The molecule has 74 valence electrons. The summed E-state index contributed by atoms with van der Waals surface area (Å²) in [5.74, 6) is 0. The van der Waals surface area contributed by atoms with Crippen LogP contribution in [0.3, 0.4) is 0 Å². The predicted molar refractivity (Wildman–Crippen MR) is 57.6 cm³/mol. The fraction of sp³-hybridized carbons (Fsp3) is 0.364. The standard InChI is InChI=1S/C11H14N2O/c1-8(2)13-7-5-9-4-6-12(3)10(9)11(13)14/h4-8H,1-3H3. The summed E-state index contributed by atoms with van der Waals surface area (Å²) in [6.45, 7) is 4.02. The molecule has 0 aliphatic carbocycles. The molecule has 2 aromatic heterocycles. The van der Waals surface area contributed by atoms with Crippen LogP contribution >= 0.6 is 0 Å². The predicted octanol–water partition coefficient (Wildman–Crippen LogP) is 1.92. The van der Waals surface area contributed by atoms with Gasteiger partial charge < -0.3 is 9.13 Å². The van der Waals surface area contributed by atoms with Crippen LogP contribution in [0.5, 0.6) is 0 Å². The normalized spacial score (nSPS) is 11.4. The van der Waals surface area contributed by atoms with Crippen LogP contribution < -0.4 is 5.56 Å². The summed E-state index contributed by atoms with van der Waals surface area (Å²) in [6.07, 6.45) is 3.77. The third kappa shape index (κ3) is 1.16. The van der Waals surface area contributed by atoms with Gasteiger partial charge in [0.2, 0.25) is 0 Å². The van der Waals surface area contributed by atoms with Gasteiger partial charge in [0, 0.05) is 30.9 Å². The van der Waals surface area contributed by atoms with Crippen molar-refractivity contribution in [2.45, 2.75) is 19.9 Å². The molecule has 0 N–H and O–H groups in total. The molecule has 0 saturated carbocycles. The first kappa shape index (κ1) is 9.06. The molecule has 0 unspecified atom stereocenters. The van der Waals surface area contributed by atoms with Crippen LogP contribution in [0.4, 0.5) is 0 Å². The average molecular weight is 190 g/mol. The Kier molecular flexibility index (Phi) is 1.95. The van der Waals surface area contributed by atoms with Gasteiger partial charge in [-0.3, -0.25) is 4.79 Å². The van der Waals surface area contributed by atoms with Gasteiger partial charge in [-0.2, -0.15) is 0 Å². The monoisotopic (exact) mass is 190 g/mol. The molecule has 0 aliphatic heterocycles. The summed E-state index contributed by atoms with van der Waals surface area (Å²) in [5, 5.41) is 1.01. The lowest BCUT2D eigenvalue weighted by Crippen LogP contribution is -2.22. The highest BCUT2D eigenvalue weighted by atomic mass is 16.1. The molecule has 0 amide bonds. The fourth-order valence-corrected chi connectivity index (χ4v) is 1.72. The molecule has 0 radical (unpaired) electrons. The minimum Gasteiger partial charge on any atom is -0.346 e. The van der Waals surface area contributed by atoms with E-state index in [1.165, 1.54) is 0 Å². The maximum Gasteiger partial charge on any atom is 0.275 e. The van der Waals surface area contributed by atoms with E-state index >= 15 is 0 Å². The van der Waals surface area contributed by atoms with Gasteiger partial charge in [0.05, 0.1) is 0 Å². The molecule has 2 aromatic rings. The smallest absolute Gasteiger partial charge is 0.275 e. The zero-order valence-corrected chi connectivity index (χ0v) is 8.69. The molecule has 0 bridgehead atoms. The minimum absolute atomic E-state index is 0.0880. The number of rotatable bonds is 1. The average Bonchev–Trinajstić information content (AvgIpc) is 2.48. The first-order chi connectivity index (χ1) is 6.61. The summed E-state index contributed by atoms with van der Waals surface area (Å²) < 4.78 is 3.62. The minimum atomic E-state index is 0.0880. The Morgan fingerprint density at radius 1 is 1.21 bits per heavy atom. The molecule has 0 aliphatic rings. The van der Waals surface area contributed by atoms with Gasteiger partial charge in [0.15, 0.2) is 0 Å². The lowest BCUT2D eigenvalue weighted by molar-refractivity contribution is 0.581. The Morgan fingerprint density at radius 2 is 1.86 bits per heavy atom. The van der Waals surface area contributed by atoms with E-state index in [4.69, 9.17) is 0 Å². The van der Waals surface area contributed by atoms with Crippen LogP contribution in [0.2, 0.25) is 0 Å². The highest BCUT2D eigenvalue weighted by molar-refractivity contribution is 5.78. The Morgan fingerprint density at radius 3 is 2.50 bits per heavy atom. The fourth-order valence-electron chi connectivity index (χ4n) is 1.72. The number of pyridine rings is 1. The number of fused-ring (bicyclic) bond motifs is 1. The molecule has 3 heteroatoms. The first-order valence-electron chi connectivity index (χ1n) is 4.77. The van der Waals surface area contributed by atoms with Crippen LogP contribution in [-0.4, -0.2) is 9.13 Å². The summed E-state index contributed by atoms with van der Waals surface area (Å²) >= 11 is 0. The third-order valence-corrected chi connectivity index (χ3v) is 2.51. The number of aromatic nitrogens is 2. The molecule has 3 nitrogen and oxygen atoms in total. The van der Waals surface area contributed by atoms with Crippen molar-refractivity contribution in [3.8, 4) is 0 Å². The SMILES string of the molecule is CC(C)n1ccc2ccn(C)c2c1=O. The van der Waals surface area contributed by atoms with E-state index in [1.807, 2.05) is 50.0 Å². The van der Waals surface area contributed by atoms with Crippen LogP contribution in [0.15, 0.2) is 29.3 Å². The maximum absolute atomic E-state index is 12.0. The number of hydrogen-bond donors (Lipinski definition) is 0. The lowest BCUT2D eigenvalue weighted by atomic mass is 10.3. The second kappa shape index (κ2) is 3.01. The van der Waals surface area contributed by atoms with Gasteiger partial charge in [-0.25, -0.2) is 0 Å². The lowest BCUT2D eigenvalue weighted by Gasteiger charge is -2.09.